The Kier molecular flexibility index (Phi) is 6.04. The molecule has 1 N–H and O–H groups in total. The molecule has 1 saturated carbocycles. The van der Waals surface area contributed by atoms with Crippen LogP contribution in [0.2, 0.25) is 0 Å². The van der Waals surface area contributed by atoms with Gasteiger partial charge in [-0.15, -0.1) is 24.0 Å². The molecule has 1 fully saturated rings. The molecule has 0 saturated heterocycles. The van der Waals surface area contributed by atoms with E-state index in [1.807, 2.05) is 31.2 Å². The van der Waals surface area contributed by atoms with E-state index in [4.69, 9.17) is 0 Å². The molecule has 1 aliphatic carbocycles. The fourth-order valence-electron chi connectivity index (χ4n) is 2.84. The van der Waals surface area contributed by atoms with Crippen molar-refractivity contribution < 1.29 is 0 Å². The SMILES string of the molecule is CN=C(NC1CC1c1ccccc1)N(C)Cc1cnn(C)c1.I. The third kappa shape index (κ3) is 4.46. The van der Waals surface area contributed by atoms with Crippen LogP contribution >= 0.6 is 24.0 Å². The Morgan fingerprint density at radius 1 is 1.39 bits per heavy atom. The smallest absolute Gasteiger partial charge is 0.193 e. The van der Waals surface area contributed by atoms with Crippen molar-refractivity contribution in [3.05, 3.63) is 53.9 Å². The van der Waals surface area contributed by atoms with Crippen LogP contribution in [0, 0.1) is 0 Å². The first-order valence-electron chi connectivity index (χ1n) is 7.64. The number of benzene rings is 1. The summed E-state index contributed by atoms with van der Waals surface area (Å²) in [5, 5.41) is 7.77. The molecule has 0 amide bonds. The molecule has 0 spiro atoms. The van der Waals surface area contributed by atoms with E-state index < -0.39 is 0 Å². The average molecular weight is 425 g/mol. The number of aryl methyl sites for hydroxylation is 1. The molecule has 0 aliphatic heterocycles. The normalized spacial score (nSPS) is 19.9. The first kappa shape index (κ1) is 17.8. The molecule has 124 valence electrons. The summed E-state index contributed by atoms with van der Waals surface area (Å²) in [5.74, 6) is 1.54. The van der Waals surface area contributed by atoms with Crippen LogP contribution in [-0.4, -0.2) is 40.8 Å². The number of aromatic nitrogens is 2. The Morgan fingerprint density at radius 2 is 2.13 bits per heavy atom. The summed E-state index contributed by atoms with van der Waals surface area (Å²) in [4.78, 5) is 6.54. The summed E-state index contributed by atoms with van der Waals surface area (Å²) in [7, 11) is 5.83. The van der Waals surface area contributed by atoms with E-state index in [0.29, 0.717) is 12.0 Å². The van der Waals surface area contributed by atoms with Gasteiger partial charge in [0.1, 0.15) is 0 Å². The molecule has 1 aromatic heterocycles. The Balaban J connectivity index is 0.00000192. The van der Waals surface area contributed by atoms with Crippen molar-refractivity contribution in [2.24, 2.45) is 12.0 Å². The lowest BCUT2D eigenvalue weighted by atomic mass is 10.1. The third-order valence-corrected chi connectivity index (χ3v) is 4.08. The molecule has 2 aromatic rings. The minimum Gasteiger partial charge on any atom is -0.353 e. The maximum atomic E-state index is 4.40. The lowest BCUT2D eigenvalue weighted by molar-refractivity contribution is 0.475. The van der Waals surface area contributed by atoms with Crippen LogP contribution in [0.5, 0.6) is 0 Å². The lowest BCUT2D eigenvalue weighted by Gasteiger charge is -2.21. The molecule has 2 atom stereocenters. The molecule has 0 radical (unpaired) electrons. The van der Waals surface area contributed by atoms with Crippen LogP contribution in [0.4, 0.5) is 0 Å². The molecule has 3 rings (SSSR count). The maximum absolute atomic E-state index is 4.40. The van der Waals surface area contributed by atoms with Crippen molar-refractivity contribution in [3.8, 4) is 0 Å². The Morgan fingerprint density at radius 3 is 2.74 bits per heavy atom. The second-order valence-corrected chi connectivity index (χ2v) is 5.93. The van der Waals surface area contributed by atoms with E-state index in [-0.39, 0.29) is 24.0 Å². The van der Waals surface area contributed by atoms with Gasteiger partial charge in [-0.05, 0) is 12.0 Å². The minimum absolute atomic E-state index is 0. The standard InChI is InChI=1S/C17H23N5.HI/c1-18-17(21(2)11-13-10-19-22(3)12-13)20-16-9-15(16)14-7-5-4-6-8-14;/h4-8,10,12,15-16H,9,11H2,1-3H3,(H,18,20);1H. The summed E-state index contributed by atoms with van der Waals surface area (Å²) in [6.45, 7) is 0.802. The van der Waals surface area contributed by atoms with Crippen LogP contribution in [0.15, 0.2) is 47.7 Å². The molecule has 2 unspecified atom stereocenters. The molecule has 6 heteroatoms. The second kappa shape index (κ2) is 7.81. The van der Waals surface area contributed by atoms with Gasteiger partial charge in [0.05, 0.1) is 6.20 Å². The quantitative estimate of drug-likeness (QED) is 0.466. The number of aliphatic imine (C=N–C) groups is 1. The van der Waals surface area contributed by atoms with E-state index in [1.54, 1.807) is 0 Å². The van der Waals surface area contributed by atoms with E-state index in [2.05, 4.69) is 57.7 Å². The van der Waals surface area contributed by atoms with Gasteiger partial charge in [0.25, 0.3) is 0 Å². The fraction of sp³-hybridized carbons (Fsp3) is 0.412. The number of halogens is 1. The maximum Gasteiger partial charge on any atom is 0.193 e. The van der Waals surface area contributed by atoms with Gasteiger partial charge in [0.2, 0.25) is 0 Å². The lowest BCUT2D eigenvalue weighted by Crippen LogP contribution is -2.40. The first-order chi connectivity index (χ1) is 10.7. The Labute approximate surface area is 154 Å². The molecule has 23 heavy (non-hydrogen) atoms. The summed E-state index contributed by atoms with van der Waals surface area (Å²) in [6, 6.07) is 11.2. The topological polar surface area (TPSA) is 45.5 Å². The highest BCUT2D eigenvalue weighted by Gasteiger charge is 2.39. The van der Waals surface area contributed by atoms with Crippen LogP contribution in [-0.2, 0) is 13.6 Å². The highest BCUT2D eigenvalue weighted by atomic mass is 127. The number of nitrogens with one attached hydrogen (secondary N) is 1. The second-order valence-electron chi connectivity index (χ2n) is 5.93. The largest absolute Gasteiger partial charge is 0.353 e. The highest BCUT2D eigenvalue weighted by molar-refractivity contribution is 14.0. The van der Waals surface area contributed by atoms with E-state index in [0.717, 1.165) is 12.5 Å². The molecule has 1 aromatic carbocycles. The van der Waals surface area contributed by atoms with Crippen molar-refractivity contribution in [2.75, 3.05) is 14.1 Å². The predicted octanol–water partition coefficient (Wildman–Crippen LogP) is 2.60. The van der Waals surface area contributed by atoms with Crippen molar-refractivity contribution >= 4 is 29.9 Å². The van der Waals surface area contributed by atoms with Gasteiger partial charge >= 0.3 is 0 Å². The van der Waals surface area contributed by atoms with Gasteiger partial charge in [-0.1, -0.05) is 30.3 Å². The van der Waals surface area contributed by atoms with Gasteiger partial charge in [-0.2, -0.15) is 5.10 Å². The Bertz CT molecular complexity index is 652. The van der Waals surface area contributed by atoms with Gasteiger partial charge in [0, 0.05) is 51.4 Å². The van der Waals surface area contributed by atoms with Crippen molar-refractivity contribution in [1.82, 2.24) is 20.0 Å². The van der Waals surface area contributed by atoms with Gasteiger partial charge < -0.3 is 10.2 Å². The fourth-order valence-corrected chi connectivity index (χ4v) is 2.84. The molecule has 1 aliphatic rings. The molecular formula is C17H24IN5. The zero-order valence-corrected chi connectivity index (χ0v) is 16.1. The molecular weight excluding hydrogens is 401 g/mol. The van der Waals surface area contributed by atoms with Crippen molar-refractivity contribution in [3.63, 3.8) is 0 Å². The zero-order valence-electron chi connectivity index (χ0n) is 13.8. The van der Waals surface area contributed by atoms with Crippen LogP contribution in [0.25, 0.3) is 0 Å². The van der Waals surface area contributed by atoms with E-state index in [1.165, 1.54) is 17.5 Å². The number of rotatable bonds is 4. The predicted molar refractivity (Wildman–Crippen MR) is 104 cm³/mol. The highest BCUT2D eigenvalue weighted by Crippen LogP contribution is 2.40. The van der Waals surface area contributed by atoms with Crippen LogP contribution in [0.1, 0.15) is 23.5 Å². The van der Waals surface area contributed by atoms with E-state index in [9.17, 15) is 0 Å². The number of hydrogen-bond donors (Lipinski definition) is 1. The van der Waals surface area contributed by atoms with E-state index >= 15 is 0 Å². The van der Waals surface area contributed by atoms with Gasteiger partial charge in [-0.3, -0.25) is 9.67 Å². The molecule has 1 heterocycles. The monoisotopic (exact) mass is 425 g/mol. The summed E-state index contributed by atoms with van der Waals surface area (Å²) in [6.07, 6.45) is 5.10. The Hall–Kier alpha value is -1.57. The van der Waals surface area contributed by atoms with Crippen molar-refractivity contribution in [2.45, 2.75) is 24.9 Å². The van der Waals surface area contributed by atoms with Gasteiger partial charge in [0.15, 0.2) is 5.96 Å². The summed E-state index contributed by atoms with van der Waals surface area (Å²) in [5.41, 5.74) is 2.59. The average Bonchev–Trinajstić information content (AvgIpc) is 3.19. The third-order valence-electron chi connectivity index (χ3n) is 4.08. The zero-order chi connectivity index (χ0) is 15.5. The first-order valence-corrected chi connectivity index (χ1v) is 7.64. The molecule has 5 nitrogen and oxygen atoms in total. The number of guanidine groups is 1. The minimum atomic E-state index is 0. The van der Waals surface area contributed by atoms with Gasteiger partial charge in [-0.25, -0.2) is 0 Å². The molecule has 0 bridgehead atoms. The number of hydrogen-bond acceptors (Lipinski definition) is 2. The summed E-state index contributed by atoms with van der Waals surface area (Å²) < 4.78 is 1.83. The van der Waals surface area contributed by atoms with Crippen molar-refractivity contribution in [1.29, 1.82) is 0 Å². The van der Waals surface area contributed by atoms with Crippen LogP contribution < -0.4 is 5.32 Å². The van der Waals surface area contributed by atoms with Crippen LogP contribution in [0.3, 0.4) is 0 Å². The summed E-state index contributed by atoms with van der Waals surface area (Å²) >= 11 is 0. The number of nitrogens with zero attached hydrogens (tertiary/aromatic N) is 4.